The molecule has 0 radical (unpaired) electrons. The average Bonchev–Trinajstić information content (AvgIpc) is 2.50. The van der Waals surface area contributed by atoms with Crippen LogP contribution in [0.3, 0.4) is 0 Å². The summed E-state index contributed by atoms with van der Waals surface area (Å²) in [4.78, 5) is 24.4. The second-order valence-electron chi connectivity index (χ2n) is 8.27. The van der Waals surface area contributed by atoms with E-state index in [9.17, 15) is 14.0 Å². The lowest BCUT2D eigenvalue weighted by Crippen LogP contribution is -2.54. The first-order chi connectivity index (χ1) is 11.9. The zero-order valence-corrected chi connectivity index (χ0v) is 15.6. The smallest absolute Gasteiger partial charge is 0.272 e. The zero-order valence-electron chi connectivity index (χ0n) is 14.0. The number of hydrogen-bond donors (Lipinski definition) is 2. The Hall–Kier alpha value is -1.43. The highest BCUT2D eigenvalue weighted by molar-refractivity contribution is 9.10. The summed E-state index contributed by atoms with van der Waals surface area (Å²) in [6.07, 6.45) is 7.39. The van der Waals surface area contributed by atoms with Crippen LogP contribution in [0.1, 0.15) is 55.3 Å². The number of nitrogens with one attached hydrogen (secondary N) is 2. The van der Waals surface area contributed by atoms with E-state index in [2.05, 4.69) is 26.8 Å². The van der Waals surface area contributed by atoms with Gasteiger partial charge in [0.25, 0.3) is 5.91 Å². The van der Waals surface area contributed by atoms with E-state index in [0.717, 1.165) is 19.3 Å². The molecule has 1 aromatic rings. The van der Waals surface area contributed by atoms with Crippen LogP contribution in [0.5, 0.6) is 0 Å². The number of carbonyl (C=O) groups is 2. The topological polar surface area (TPSA) is 58.2 Å². The van der Waals surface area contributed by atoms with Gasteiger partial charge in [0.05, 0.1) is 5.56 Å². The number of amides is 2. The predicted molar refractivity (Wildman–Crippen MR) is 95.4 cm³/mol. The van der Waals surface area contributed by atoms with E-state index in [0.29, 0.717) is 18.3 Å². The maximum atomic E-state index is 13.6. The molecule has 2 atom stereocenters. The number of halogens is 2. The van der Waals surface area contributed by atoms with Gasteiger partial charge >= 0.3 is 0 Å². The van der Waals surface area contributed by atoms with Gasteiger partial charge in [-0.3, -0.25) is 20.4 Å². The van der Waals surface area contributed by atoms with Crippen LogP contribution in [0, 0.1) is 23.1 Å². The summed E-state index contributed by atoms with van der Waals surface area (Å²) in [7, 11) is 0. The highest BCUT2D eigenvalue weighted by Crippen LogP contribution is 2.65. The molecular formula is C19H22BrFN2O2. The van der Waals surface area contributed by atoms with Crippen molar-refractivity contribution in [2.24, 2.45) is 17.3 Å². The van der Waals surface area contributed by atoms with Gasteiger partial charge in [-0.05, 0) is 67.9 Å². The third-order valence-electron chi connectivity index (χ3n) is 6.08. The Bertz CT molecular complexity index is 709. The summed E-state index contributed by atoms with van der Waals surface area (Å²) in [5, 5.41) is 0. The lowest BCUT2D eigenvalue weighted by molar-refractivity contribution is -0.128. The van der Waals surface area contributed by atoms with Crippen LogP contribution in [0.25, 0.3) is 0 Å². The lowest BCUT2D eigenvalue weighted by Gasteiger charge is -2.60. The molecule has 4 bridgehead atoms. The molecule has 0 saturated heterocycles. The third-order valence-corrected chi connectivity index (χ3v) is 7.01. The molecule has 2 N–H and O–H groups in total. The Morgan fingerprint density at radius 1 is 1.12 bits per heavy atom. The summed E-state index contributed by atoms with van der Waals surface area (Å²) in [5.41, 5.74) is 4.79. The normalized spacial score (nSPS) is 35.4. The van der Waals surface area contributed by atoms with Gasteiger partial charge in [-0.2, -0.15) is 0 Å². The van der Waals surface area contributed by atoms with E-state index in [1.165, 1.54) is 37.5 Å². The molecule has 0 aromatic heterocycles. The zero-order chi connectivity index (χ0) is 17.7. The average molecular weight is 409 g/mol. The van der Waals surface area contributed by atoms with E-state index < -0.39 is 11.7 Å². The SMILES string of the molecule is O=C(CC12CC3CC(CC(Br)(C3)C1)C2)NNC(=O)c1ccccc1F. The van der Waals surface area contributed by atoms with Gasteiger partial charge in [0.2, 0.25) is 5.91 Å². The summed E-state index contributed by atoms with van der Waals surface area (Å²) in [6, 6.07) is 5.73. The number of hydrogen-bond acceptors (Lipinski definition) is 2. The van der Waals surface area contributed by atoms with E-state index in [-0.39, 0.29) is 21.2 Å². The van der Waals surface area contributed by atoms with Crippen molar-refractivity contribution in [1.29, 1.82) is 0 Å². The van der Waals surface area contributed by atoms with Gasteiger partial charge in [-0.1, -0.05) is 28.1 Å². The first-order valence-electron chi connectivity index (χ1n) is 8.89. The van der Waals surface area contributed by atoms with Gasteiger partial charge in [0.15, 0.2) is 0 Å². The maximum absolute atomic E-state index is 13.6. The minimum Gasteiger partial charge on any atom is -0.273 e. The first-order valence-corrected chi connectivity index (χ1v) is 9.68. The van der Waals surface area contributed by atoms with Crippen LogP contribution in [0.2, 0.25) is 0 Å². The Morgan fingerprint density at radius 3 is 2.44 bits per heavy atom. The molecule has 4 aliphatic carbocycles. The molecule has 6 heteroatoms. The molecule has 0 aliphatic heterocycles. The van der Waals surface area contributed by atoms with Gasteiger partial charge in [0.1, 0.15) is 5.82 Å². The van der Waals surface area contributed by atoms with Crippen molar-refractivity contribution in [3.63, 3.8) is 0 Å². The maximum Gasteiger partial charge on any atom is 0.272 e. The molecule has 4 fully saturated rings. The predicted octanol–water partition coefficient (Wildman–Crippen LogP) is 3.71. The molecule has 134 valence electrons. The molecule has 2 amide bonds. The van der Waals surface area contributed by atoms with Crippen LogP contribution < -0.4 is 10.9 Å². The van der Waals surface area contributed by atoms with Gasteiger partial charge in [0, 0.05) is 10.7 Å². The highest BCUT2D eigenvalue weighted by atomic mass is 79.9. The summed E-state index contributed by atoms with van der Waals surface area (Å²) < 4.78 is 13.8. The van der Waals surface area contributed by atoms with Crippen LogP contribution in [-0.2, 0) is 4.79 Å². The largest absolute Gasteiger partial charge is 0.273 e. The van der Waals surface area contributed by atoms with Crippen molar-refractivity contribution >= 4 is 27.7 Å². The van der Waals surface area contributed by atoms with Crippen molar-refractivity contribution in [2.45, 2.75) is 49.3 Å². The minimum atomic E-state index is -0.631. The molecule has 25 heavy (non-hydrogen) atoms. The molecule has 1 aromatic carbocycles. The lowest BCUT2D eigenvalue weighted by atomic mass is 9.48. The van der Waals surface area contributed by atoms with Crippen molar-refractivity contribution in [3.8, 4) is 0 Å². The van der Waals surface area contributed by atoms with E-state index in [4.69, 9.17) is 0 Å². The first kappa shape index (κ1) is 17.0. The Morgan fingerprint density at radius 2 is 1.80 bits per heavy atom. The molecule has 4 aliphatic rings. The van der Waals surface area contributed by atoms with Crippen molar-refractivity contribution in [2.75, 3.05) is 0 Å². The summed E-state index contributed by atoms with van der Waals surface area (Å²) in [5.74, 6) is -0.00362. The highest BCUT2D eigenvalue weighted by Gasteiger charge is 2.57. The monoisotopic (exact) mass is 408 g/mol. The fourth-order valence-electron chi connectivity index (χ4n) is 5.77. The number of benzene rings is 1. The summed E-state index contributed by atoms with van der Waals surface area (Å²) >= 11 is 3.94. The van der Waals surface area contributed by atoms with Crippen LogP contribution in [-0.4, -0.2) is 16.1 Å². The minimum absolute atomic E-state index is 0.0421. The number of hydrazine groups is 1. The molecule has 0 heterocycles. The third kappa shape index (κ3) is 3.33. The Kier molecular flexibility index (Phi) is 4.13. The Labute approximate surface area is 155 Å². The van der Waals surface area contributed by atoms with Crippen LogP contribution in [0.4, 0.5) is 4.39 Å². The number of rotatable bonds is 3. The van der Waals surface area contributed by atoms with Crippen LogP contribution >= 0.6 is 15.9 Å². The second kappa shape index (κ2) is 6.08. The van der Waals surface area contributed by atoms with Gasteiger partial charge in [-0.15, -0.1) is 0 Å². The Balaban J connectivity index is 1.37. The van der Waals surface area contributed by atoms with Crippen molar-refractivity contribution in [1.82, 2.24) is 10.9 Å². The van der Waals surface area contributed by atoms with Gasteiger partial charge < -0.3 is 0 Å². The standard InChI is InChI=1S/C19H22BrFN2O2/c20-19-8-12-5-13(9-19)7-18(6-12,11-19)10-16(24)22-23-17(25)14-3-1-2-4-15(14)21/h1-4,12-13H,5-11H2,(H,22,24)(H,23,25). The quantitative estimate of drug-likeness (QED) is 0.591. The molecule has 5 rings (SSSR count). The van der Waals surface area contributed by atoms with E-state index in [1.54, 1.807) is 6.07 Å². The molecule has 0 spiro atoms. The van der Waals surface area contributed by atoms with Crippen molar-refractivity contribution < 1.29 is 14.0 Å². The second-order valence-corrected chi connectivity index (χ2v) is 9.95. The van der Waals surface area contributed by atoms with Crippen LogP contribution in [0.15, 0.2) is 24.3 Å². The summed E-state index contributed by atoms with van der Waals surface area (Å²) in [6.45, 7) is 0. The van der Waals surface area contributed by atoms with Crippen molar-refractivity contribution in [3.05, 3.63) is 35.6 Å². The fourth-order valence-corrected chi connectivity index (χ4v) is 7.28. The molecule has 2 unspecified atom stereocenters. The van der Waals surface area contributed by atoms with E-state index >= 15 is 0 Å². The van der Waals surface area contributed by atoms with Gasteiger partial charge in [-0.25, -0.2) is 4.39 Å². The molecule has 4 saturated carbocycles. The molecular weight excluding hydrogens is 387 g/mol. The number of alkyl halides is 1. The molecule has 4 nitrogen and oxygen atoms in total. The number of carbonyl (C=O) groups excluding carboxylic acids is 2. The van der Waals surface area contributed by atoms with E-state index in [1.807, 2.05) is 0 Å². The fraction of sp³-hybridized carbons (Fsp3) is 0.579.